The number of rotatable bonds is 3. The van der Waals surface area contributed by atoms with Gasteiger partial charge in [0.15, 0.2) is 6.23 Å². The summed E-state index contributed by atoms with van der Waals surface area (Å²) in [4.78, 5) is 10.5. The number of nitrogens with zero attached hydrogens (tertiary/aromatic N) is 1. The summed E-state index contributed by atoms with van der Waals surface area (Å²) in [5.74, 6) is 0. The second-order valence-electron chi connectivity index (χ2n) is 6.03. The Morgan fingerprint density at radius 3 is 2.38 bits per heavy atom. The van der Waals surface area contributed by atoms with Crippen LogP contribution in [0.5, 0.6) is 0 Å². The third kappa shape index (κ3) is 3.14. The highest BCUT2D eigenvalue weighted by Crippen LogP contribution is 2.42. The van der Waals surface area contributed by atoms with Gasteiger partial charge in [0.05, 0.1) is 4.92 Å². The SMILES string of the molecule is O=[N+]([O-])c1ccc([C@H]2Nc3ccc(Cl)cc3[C@H](c3ccccc3)O2)cc1. The Bertz CT molecular complexity index is 945. The molecule has 0 aromatic heterocycles. The Morgan fingerprint density at radius 1 is 0.962 bits per heavy atom. The number of halogens is 1. The maximum atomic E-state index is 10.9. The van der Waals surface area contributed by atoms with Gasteiger partial charge in [-0.25, -0.2) is 0 Å². The molecule has 0 fully saturated rings. The molecule has 0 saturated heterocycles. The van der Waals surface area contributed by atoms with Crippen LogP contribution in [0.1, 0.15) is 29.0 Å². The summed E-state index contributed by atoms with van der Waals surface area (Å²) in [5, 5.41) is 14.8. The van der Waals surface area contributed by atoms with Crippen LogP contribution in [0.25, 0.3) is 0 Å². The minimum Gasteiger partial charge on any atom is -0.356 e. The number of nitro benzene ring substituents is 1. The van der Waals surface area contributed by atoms with Crippen LogP contribution in [0.15, 0.2) is 72.8 Å². The number of hydrogen-bond donors (Lipinski definition) is 1. The average Bonchev–Trinajstić information content (AvgIpc) is 2.68. The number of ether oxygens (including phenoxy) is 1. The fraction of sp³-hybridized carbons (Fsp3) is 0.100. The van der Waals surface area contributed by atoms with Crippen LogP contribution >= 0.6 is 11.6 Å². The normalized spacial score (nSPS) is 18.7. The van der Waals surface area contributed by atoms with Crippen LogP contribution in [0, 0.1) is 10.1 Å². The van der Waals surface area contributed by atoms with E-state index in [2.05, 4.69) is 5.32 Å². The van der Waals surface area contributed by atoms with Gasteiger partial charge in [0, 0.05) is 34.0 Å². The first-order valence-corrected chi connectivity index (χ1v) is 8.50. The largest absolute Gasteiger partial charge is 0.356 e. The standard InChI is InChI=1S/C20H15ClN2O3/c21-15-8-11-18-17(12-15)19(13-4-2-1-3-5-13)26-20(22-18)14-6-9-16(10-7-14)23(24)25/h1-12,19-20,22H/t19-,20-/m0/s1. The summed E-state index contributed by atoms with van der Waals surface area (Å²) in [7, 11) is 0. The van der Waals surface area contributed by atoms with Crippen LogP contribution in [0.2, 0.25) is 5.02 Å². The number of fused-ring (bicyclic) bond motifs is 1. The molecular formula is C20H15ClN2O3. The minimum absolute atomic E-state index is 0.0522. The van der Waals surface area contributed by atoms with E-state index in [9.17, 15) is 10.1 Å². The molecule has 3 aromatic carbocycles. The van der Waals surface area contributed by atoms with Crippen LogP contribution in [-0.4, -0.2) is 4.92 Å². The van der Waals surface area contributed by atoms with Gasteiger partial charge >= 0.3 is 0 Å². The fourth-order valence-electron chi connectivity index (χ4n) is 3.09. The lowest BCUT2D eigenvalue weighted by Crippen LogP contribution is -2.25. The van der Waals surface area contributed by atoms with E-state index in [1.807, 2.05) is 48.5 Å². The van der Waals surface area contributed by atoms with Gasteiger partial charge in [-0.05, 0) is 35.9 Å². The van der Waals surface area contributed by atoms with Gasteiger partial charge in [0.25, 0.3) is 5.69 Å². The van der Waals surface area contributed by atoms with Crippen LogP contribution in [0.4, 0.5) is 11.4 Å². The summed E-state index contributed by atoms with van der Waals surface area (Å²) in [6, 6.07) is 21.9. The zero-order valence-electron chi connectivity index (χ0n) is 13.6. The summed E-state index contributed by atoms with van der Waals surface area (Å²) in [5.41, 5.74) is 3.78. The van der Waals surface area contributed by atoms with Gasteiger partial charge in [-0.1, -0.05) is 41.9 Å². The first-order chi connectivity index (χ1) is 12.6. The lowest BCUT2D eigenvalue weighted by Gasteiger charge is -2.34. The van der Waals surface area contributed by atoms with E-state index >= 15 is 0 Å². The predicted molar refractivity (Wildman–Crippen MR) is 100 cm³/mol. The van der Waals surface area contributed by atoms with E-state index < -0.39 is 11.2 Å². The maximum absolute atomic E-state index is 10.9. The Labute approximate surface area is 155 Å². The topological polar surface area (TPSA) is 64.4 Å². The van der Waals surface area contributed by atoms with Gasteiger partial charge in [0.1, 0.15) is 6.10 Å². The molecule has 2 atom stereocenters. The van der Waals surface area contributed by atoms with Gasteiger partial charge < -0.3 is 10.1 Å². The highest BCUT2D eigenvalue weighted by atomic mass is 35.5. The van der Waals surface area contributed by atoms with Gasteiger partial charge in [0.2, 0.25) is 0 Å². The zero-order chi connectivity index (χ0) is 18.1. The molecule has 130 valence electrons. The number of non-ortho nitro benzene ring substituents is 1. The van der Waals surface area contributed by atoms with Crippen molar-refractivity contribution in [3.63, 3.8) is 0 Å². The number of benzene rings is 3. The Hall–Kier alpha value is -2.89. The second-order valence-corrected chi connectivity index (χ2v) is 6.47. The van der Waals surface area contributed by atoms with Crippen molar-refractivity contribution in [2.24, 2.45) is 0 Å². The van der Waals surface area contributed by atoms with Gasteiger partial charge in [-0.15, -0.1) is 0 Å². The minimum atomic E-state index is -0.422. The van der Waals surface area contributed by atoms with E-state index in [1.54, 1.807) is 12.1 Å². The average molecular weight is 367 g/mol. The molecule has 1 aliphatic heterocycles. The predicted octanol–water partition coefficient (Wildman–Crippen LogP) is 5.48. The molecule has 0 amide bonds. The smallest absolute Gasteiger partial charge is 0.269 e. The Balaban J connectivity index is 1.73. The fourth-order valence-corrected chi connectivity index (χ4v) is 3.27. The van der Waals surface area contributed by atoms with E-state index in [0.29, 0.717) is 5.02 Å². The van der Waals surface area contributed by atoms with E-state index in [-0.39, 0.29) is 11.8 Å². The molecule has 0 unspecified atom stereocenters. The molecule has 3 aromatic rings. The van der Waals surface area contributed by atoms with Crippen molar-refractivity contribution in [2.75, 3.05) is 5.32 Å². The van der Waals surface area contributed by atoms with Crippen LogP contribution in [-0.2, 0) is 4.74 Å². The van der Waals surface area contributed by atoms with Crippen molar-refractivity contribution in [1.29, 1.82) is 0 Å². The van der Waals surface area contributed by atoms with E-state index in [0.717, 1.165) is 22.4 Å². The summed E-state index contributed by atoms with van der Waals surface area (Å²) in [6.45, 7) is 0. The van der Waals surface area contributed by atoms with Crippen molar-refractivity contribution < 1.29 is 9.66 Å². The highest BCUT2D eigenvalue weighted by Gasteiger charge is 2.29. The third-order valence-electron chi connectivity index (χ3n) is 4.36. The van der Waals surface area contributed by atoms with Crippen molar-refractivity contribution >= 4 is 23.0 Å². The second kappa shape index (κ2) is 6.78. The number of nitrogens with one attached hydrogen (secondary N) is 1. The zero-order valence-corrected chi connectivity index (χ0v) is 14.4. The van der Waals surface area contributed by atoms with E-state index in [4.69, 9.17) is 16.3 Å². The molecule has 4 rings (SSSR count). The Morgan fingerprint density at radius 2 is 1.69 bits per heavy atom. The van der Waals surface area contributed by atoms with Gasteiger partial charge in [-0.2, -0.15) is 0 Å². The monoisotopic (exact) mass is 366 g/mol. The number of anilines is 1. The maximum Gasteiger partial charge on any atom is 0.269 e. The molecule has 1 N–H and O–H groups in total. The Kier molecular flexibility index (Phi) is 4.32. The molecule has 1 aliphatic rings. The summed E-state index contributed by atoms with van der Waals surface area (Å²) < 4.78 is 6.30. The molecule has 6 heteroatoms. The van der Waals surface area contributed by atoms with Crippen molar-refractivity contribution in [2.45, 2.75) is 12.3 Å². The number of nitro groups is 1. The van der Waals surface area contributed by atoms with E-state index in [1.165, 1.54) is 12.1 Å². The molecular weight excluding hydrogens is 352 g/mol. The van der Waals surface area contributed by atoms with Crippen molar-refractivity contribution in [1.82, 2.24) is 0 Å². The molecule has 26 heavy (non-hydrogen) atoms. The molecule has 0 bridgehead atoms. The van der Waals surface area contributed by atoms with Gasteiger partial charge in [-0.3, -0.25) is 10.1 Å². The van der Waals surface area contributed by atoms with Crippen molar-refractivity contribution in [3.8, 4) is 0 Å². The molecule has 0 saturated carbocycles. The molecule has 1 heterocycles. The molecule has 5 nitrogen and oxygen atoms in total. The van der Waals surface area contributed by atoms with Crippen molar-refractivity contribution in [3.05, 3.63) is 105 Å². The van der Waals surface area contributed by atoms with Crippen LogP contribution in [0.3, 0.4) is 0 Å². The lowest BCUT2D eigenvalue weighted by atomic mass is 9.97. The molecule has 0 radical (unpaired) electrons. The van der Waals surface area contributed by atoms with Crippen LogP contribution < -0.4 is 5.32 Å². The quantitative estimate of drug-likeness (QED) is 0.492. The third-order valence-corrected chi connectivity index (χ3v) is 4.60. The summed E-state index contributed by atoms with van der Waals surface area (Å²) in [6.07, 6.45) is -0.707. The first-order valence-electron chi connectivity index (χ1n) is 8.12. The lowest BCUT2D eigenvalue weighted by molar-refractivity contribution is -0.384. The number of hydrogen-bond acceptors (Lipinski definition) is 4. The molecule has 0 aliphatic carbocycles. The molecule has 0 spiro atoms. The first kappa shape index (κ1) is 16.6. The highest BCUT2D eigenvalue weighted by molar-refractivity contribution is 6.30. The summed E-state index contributed by atoms with van der Waals surface area (Å²) >= 11 is 6.18.